The van der Waals surface area contributed by atoms with E-state index in [9.17, 15) is 10.1 Å². The Morgan fingerprint density at radius 2 is 1.62 bits per heavy atom. The van der Waals surface area contributed by atoms with Gasteiger partial charge in [0.05, 0.1) is 49.5 Å². The Bertz CT molecular complexity index is 2320. The van der Waals surface area contributed by atoms with Gasteiger partial charge in [-0.2, -0.15) is 5.26 Å². The number of fused-ring (bicyclic) bond motifs is 4. The predicted octanol–water partition coefficient (Wildman–Crippen LogP) is 7.76. The van der Waals surface area contributed by atoms with Crippen molar-refractivity contribution < 1.29 is 4.11 Å². The van der Waals surface area contributed by atoms with Crippen LogP contribution in [0.3, 0.4) is 0 Å². The fourth-order valence-electron chi connectivity index (χ4n) is 5.66. The second kappa shape index (κ2) is 9.66. The van der Waals surface area contributed by atoms with Gasteiger partial charge in [-0.25, -0.2) is 4.79 Å². The lowest BCUT2D eigenvalue weighted by atomic mass is 9.74. The topological polar surface area (TPSA) is 76.5 Å². The zero-order chi connectivity index (χ0) is 32.7. The number of hydrogen-bond acceptors (Lipinski definition) is 4. The molecule has 3 heterocycles. The van der Waals surface area contributed by atoms with Crippen molar-refractivity contribution in [3.8, 4) is 22.9 Å². The molecular weight excluding hydrogens is 518 g/mol. The molecule has 0 N–H and O–H groups in total. The van der Waals surface area contributed by atoms with Crippen LogP contribution in [0.2, 0.25) is 0 Å². The summed E-state index contributed by atoms with van der Waals surface area (Å²) in [5, 5.41) is 11.9. The van der Waals surface area contributed by atoms with Gasteiger partial charge in [-0.3, -0.25) is 19.1 Å². The van der Waals surface area contributed by atoms with Crippen LogP contribution in [0.25, 0.3) is 49.7 Å². The molecule has 6 heteroatoms. The highest BCUT2D eigenvalue weighted by molar-refractivity contribution is 6.05. The second-order valence-electron chi connectivity index (χ2n) is 11.9. The van der Waals surface area contributed by atoms with Gasteiger partial charge >= 0.3 is 5.69 Å². The molecule has 1 atom stereocenters. The van der Waals surface area contributed by atoms with Crippen LogP contribution in [0.15, 0.2) is 65.6 Å². The summed E-state index contributed by atoms with van der Waals surface area (Å²) >= 11 is 0. The summed E-state index contributed by atoms with van der Waals surface area (Å²) in [7, 11) is 1.66. The molecule has 0 aliphatic carbocycles. The molecular formula is C36H35N5O. The number of nitrogens with zero attached hydrogens (tertiary/aromatic N) is 5. The van der Waals surface area contributed by atoms with Crippen molar-refractivity contribution in [2.75, 3.05) is 0 Å². The van der Waals surface area contributed by atoms with Gasteiger partial charge in [0, 0.05) is 29.6 Å². The zero-order valence-electron chi connectivity index (χ0n) is 28.3. The van der Waals surface area contributed by atoms with E-state index in [2.05, 4.69) is 38.1 Å². The molecule has 1 unspecified atom stereocenters. The van der Waals surface area contributed by atoms with Crippen molar-refractivity contribution in [1.82, 2.24) is 19.1 Å². The van der Waals surface area contributed by atoms with Gasteiger partial charge < -0.3 is 0 Å². The van der Waals surface area contributed by atoms with E-state index in [1.54, 1.807) is 27.1 Å². The molecule has 6 nitrogen and oxygen atoms in total. The SMILES string of the molecule is [2H]c1c([2H])c(C(C)(C#N)C(C)C)c([2H])c(C)c1-n1c(=O)n(C)c2cnc3cc(C)c(-c4cnc5cc(C)c(C)cc5c4)cc3c21. The summed E-state index contributed by atoms with van der Waals surface area (Å²) in [6, 6.07) is 12.2. The first-order valence-corrected chi connectivity index (χ1v) is 14.1. The number of aromatic nitrogens is 4. The summed E-state index contributed by atoms with van der Waals surface area (Å²) < 4.78 is 30.2. The summed E-state index contributed by atoms with van der Waals surface area (Å²) in [6.45, 7) is 13.3. The fraction of sp³-hybridized carbons (Fsp3) is 0.278. The highest BCUT2D eigenvalue weighted by Gasteiger charge is 2.31. The molecule has 0 aliphatic heterocycles. The smallest absolute Gasteiger partial charge is 0.293 e. The maximum absolute atomic E-state index is 14.0. The molecule has 0 aliphatic rings. The number of nitriles is 1. The Balaban J connectivity index is 1.69. The summed E-state index contributed by atoms with van der Waals surface area (Å²) in [4.78, 5) is 23.4. The number of hydrogen-bond donors (Lipinski definition) is 0. The highest BCUT2D eigenvalue weighted by atomic mass is 16.1. The summed E-state index contributed by atoms with van der Waals surface area (Å²) in [6.07, 6.45) is 3.51. The van der Waals surface area contributed by atoms with Crippen LogP contribution in [0.5, 0.6) is 0 Å². The molecule has 6 aromatic rings. The summed E-state index contributed by atoms with van der Waals surface area (Å²) in [5.41, 5.74) is 7.14. The van der Waals surface area contributed by atoms with Crippen LogP contribution in [0, 0.1) is 44.9 Å². The Labute approximate surface area is 250 Å². The Morgan fingerprint density at radius 1 is 0.929 bits per heavy atom. The van der Waals surface area contributed by atoms with E-state index in [1.165, 1.54) is 20.3 Å². The zero-order valence-corrected chi connectivity index (χ0v) is 25.3. The average Bonchev–Trinajstić information content (AvgIpc) is 3.25. The van der Waals surface area contributed by atoms with Crippen molar-refractivity contribution in [3.63, 3.8) is 0 Å². The number of rotatable bonds is 4. The minimum atomic E-state index is -1.15. The maximum atomic E-state index is 14.0. The van der Waals surface area contributed by atoms with Gasteiger partial charge in [0.2, 0.25) is 0 Å². The van der Waals surface area contributed by atoms with Crippen molar-refractivity contribution in [2.45, 2.75) is 53.9 Å². The molecule has 6 rings (SSSR count). The van der Waals surface area contributed by atoms with Crippen LogP contribution in [0.1, 0.15) is 52.7 Å². The summed E-state index contributed by atoms with van der Waals surface area (Å²) in [5.74, 6) is -0.199. The molecule has 0 amide bonds. The normalized spacial score (nSPS) is 14.2. The van der Waals surface area contributed by atoms with Crippen molar-refractivity contribution in [2.24, 2.45) is 13.0 Å². The first-order chi connectivity index (χ1) is 21.2. The number of pyridine rings is 2. The molecule has 0 radical (unpaired) electrons. The Hall–Kier alpha value is -4.76. The van der Waals surface area contributed by atoms with E-state index in [0.717, 1.165) is 27.6 Å². The van der Waals surface area contributed by atoms with Gasteiger partial charge in [0.25, 0.3) is 0 Å². The van der Waals surface area contributed by atoms with Crippen LogP contribution in [-0.2, 0) is 12.5 Å². The van der Waals surface area contributed by atoms with E-state index < -0.39 is 11.1 Å². The molecule has 42 heavy (non-hydrogen) atoms. The van der Waals surface area contributed by atoms with Crippen LogP contribution in [0.4, 0.5) is 0 Å². The van der Waals surface area contributed by atoms with Crippen molar-refractivity contribution in [3.05, 3.63) is 99.2 Å². The van der Waals surface area contributed by atoms with Crippen molar-refractivity contribution in [1.29, 1.82) is 5.26 Å². The Morgan fingerprint density at radius 3 is 2.33 bits per heavy atom. The lowest BCUT2D eigenvalue weighted by Gasteiger charge is -2.27. The first kappa shape index (κ1) is 23.9. The van der Waals surface area contributed by atoms with E-state index in [4.69, 9.17) is 14.1 Å². The van der Waals surface area contributed by atoms with E-state index in [0.29, 0.717) is 27.5 Å². The predicted molar refractivity (Wildman–Crippen MR) is 171 cm³/mol. The monoisotopic (exact) mass is 556 g/mol. The highest BCUT2D eigenvalue weighted by Crippen LogP contribution is 2.36. The van der Waals surface area contributed by atoms with Crippen LogP contribution in [-0.4, -0.2) is 19.1 Å². The lowest BCUT2D eigenvalue weighted by molar-refractivity contribution is 0.431. The molecule has 0 bridgehead atoms. The molecule has 0 saturated carbocycles. The minimum Gasteiger partial charge on any atom is -0.293 e. The van der Waals surface area contributed by atoms with Crippen LogP contribution >= 0.6 is 0 Å². The minimum absolute atomic E-state index is 0.00434. The third-order valence-corrected chi connectivity index (χ3v) is 8.94. The second-order valence-corrected chi connectivity index (χ2v) is 11.9. The van der Waals surface area contributed by atoms with Gasteiger partial charge in [-0.1, -0.05) is 25.9 Å². The van der Waals surface area contributed by atoms with Crippen molar-refractivity contribution >= 4 is 32.8 Å². The van der Waals surface area contributed by atoms with Gasteiger partial charge in [-0.15, -0.1) is 0 Å². The third-order valence-electron chi connectivity index (χ3n) is 8.94. The largest absolute Gasteiger partial charge is 0.333 e. The van der Waals surface area contributed by atoms with E-state index in [1.807, 2.05) is 39.1 Å². The van der Waals surface area contributed by atoms with Gasteiger partial charge in [-0.05, 0) is 110 Å². The fourth-order valence-corrected chi connectivity index (χ4v) is 5.66. The maximum Gasteiger partial charge on any atom is 0.333 e. The molecule has 210 valence electrons. The average molecular weight is 557 g/mol. The molecule has 0 fully saturated rings. The third kappa shape index (κ3) is 4.03. The number of aryl methyl sites for hydroxylation is 4. The standard InChI is InChI=1S/C36H35N5O/c1-20(2)36(7,19-37)27-9-10-32(24(6)12-27)41-34-29-16-28(23(5)14-31(29)39-18-33(34)40(8)35(41)42)26-15-25-11-21(3)22(4)13-30(25)38-17-26/h9-18,20H,1-8H3/i9D,10D,12D. The number of imidazole rings is 1. The first-order valence-electron chi connectivity index (χ1n) is 15.6. The quantitative estimate of drug-likeness (QED) is 0.222. The number of benzene rings is 3. The molecule has 3 aromatic heterocycles. The van der Waals surface area contributed by atoms with E-state index >= 15 is 0 Å². The van der Waals surface area contributed by atoms with Gasteiger partial charge in [0.15, 0.2) is 0 Å². The lowest BCUT2D eigenvalue weighted by Crippen LogP contribution is -2.27. The molecule has 0 saturated heterocycles. The molecule has 3 aromatic carbocycles. The van der Waals surface area contributed by atoms with Gasteiger partial charge in [0.1, 0.15) is 0 Å². The van der Waals surface area contributed by atoms with Crippen LogP contribution < -0.4 is 5.69 Å². The van der Waals surface area contributed by atoms with E-state index in [-0.39, 0.29) is 35.3 Å². The molecule has 0 spiro atoms. The Kier molecular flexibility index (Phi) is 5.50.